The highest BCUT2D eigenvalue weighted by molar-refractivity contribution is 5.36. The Bertz CT molecular complexity index is 530. The lowest BCUT2D eigenvalue weighted by atomic mass is 10.4. The third-order valence-corrected chi connectivity index (χ3v) is 2.63. The van der Waals surface area contributed by atoms with Crippen molar-refractivity contribution in [2.75, 3.05) is 30.5 Å². The van der Waals surface area contributed by atoms with Gasteiger partial charge < -0.3 is 10.1 Å². The molecule has 0 aliphatic carbocycles. The van der Waals surface area contributed by atoms with E-state index in [-0.39, 0.29) is 5.95 Å². The molecule has 0 atom stereocenters. The van der Waals surface area contributed by atoms with Crippen LogP contribution < -0.4 is 16.6 Å². The van der Waals surface area contributed by atoms with Crippen LogP contribution in [-0.4, -0.2) is 44.5 Å². The molecular weight excluding hydrogens is 272 g/mol. The Hall–Kier alpha value is -2.26. The van der Waals surface area contributed by atoms with E-state index < -0.39 is 0 Å². The lowest BCUT2D eigenvalue weighted by molar-refractivity contribution is 0.141. The molecular formula is C12H20N8O. The second-order valence-electron chi connectivity index (χ2n) is 4.27. The highest BCUT2D eigenvalue weighted by atomic mass is 16.5. The number of hydrogen-bond acceptors (Lipinski definition) is 8. The van der Waals surface area contributed by atoms with Crippen LogP contribution in [0.15, 0.2) is 18.5 Å². The van der Waals surface area contributed by atoms with Crippen LogP contribution in [0.2, 0.25) is 0 Å². The average molecular weight is 292 g/mol. The zero-order valence-electron chi connectivity index (χ0n) is 12.0. The zero-order chi connectivity index (χ0) is 14.9. The first-order valence-corrected chi connectivity index (χ1v) is 6.87. The molecule has 9 heteroatoms. The fraction of sp³-hybridized carbons (Fsp3) is 0.500. The molecule has 0 saturated heterocycles. The number of anilines is 2. The number of rotatable bonds is 9. The Morgan fingerprint density at radius 3 is 2.81 bits per heavy atom. The molecule has 0 aliphatic heterocycles. The van der Waals surface area contributed by atoms with Crippen LogP contribution in [0, 0.1) is 0 Å². The summed E-state index contributed by atoms with van der Waals surface area (Å²) in [6.45, 7) is 4.10. The quantitative estimate of drug-likeness (QED) is 0.349. The molecule has 2 aromatic rings. The monoisotopic (exact) mass is 292 g/mol. The number of nitrogens with one attached hydrogen (secondary N) is 2. The van der Waals surface area contributed by atoms with Gasteiger partial charge in [0.15, 0.2) is 0 Å². The molecule has 2 aromatic heterocycles. The van der Waals surface area contributed by atoms with Gasteiger partial charge in [-0.25, -0.2) is 10.5 Å². The lowest BCUT2D eigenvalue weighted by Gasteiger charge is -2.08. The molecule has 0 aliphatic rings. The fourth-order valence-corrected chi connectivity index (χ4v) is 1.58. The Balaban J connectivity index is 1.94. The number of aromatic nitrogens is 5. The molecule has 0 saturated carbocycles. The normalized spacial score (nSPS) is 10.6. The highest BCUT2D eigenvalue weighted by Crippen LogP contribution is 2.07. The average Bonchev–Trinajstić information content (AvgIpc) is 3.05. The Morgan fingerprint density at radius 1 is 1.24 bits per heavy atom. The van der Waals surface area contributed by atoms with Crippen LogP contribution in [0.5, 0.6) is 0 Å². The van der Waals surface area contributed by atoms with Crippen molar-refractivity contribution >= 4 is 11.9 Å². The number of hydrogen-bond donors (Lipinski definition) is 3. The molecule has 0 aromatic carbocycles. The molecule has 0 amide bonds. The number of nitrogen functional groups attached to an aromatic ring is 1. The van der Waals surface area contributed by atoms with E-state index in [0.29, 0.717) is 25.0 Å². The minimum atomic E-state index is 0.268. The summed E-state index contributed by atoms with van der Waals surface area (Å²) in [6.07, 6.45) is 5.58. The van der Waals surface area contributed by atoms with Crippen molar-refractivity contribution in [2.24, 2.45) is 5.84 Å². The van der Waals surface area contributed by atoms with Crippen LogP contribution in [0.4, 0.5) is 11.9 Å². The smallest absolute Gasteiger partial charge is 0.257 e. The zero-order valence-corrected chi connectivity index (χ0v) is 12.0. The summed E-state index contributed by atoms with van der Waals surface area (Å²) in [4.78, 5) is 12.5. The van der Waals surface area contributed by atoms with E-state index in [1.165, 1.54) is 4.68 Å². The third kappa shape index (κ3) is 4.65. The van der Waals surface area contributed by atoms with Crippen LogP contribution in [0.25, 0.3) is 5.95 Å². The number of nitrogens with zero attached hydrogens (tertiary/aromatic N) is 5. The first-order valence-electron chi connectivity index (χ1n) is 6.87. The molecule has 9 nitrogen and oxygen atoms in total. The second kappa shape index (κ2) is 8.12. The molecule has 114 valence electrons. The topological polar surface area (TPSA) is 116 Å². The van der Waals surface area contributed by atoms with Gasteiger partial charge >= 0.3 is 0 Å². The van der Waals surface area contributed by atoms with Crippen molar-refractivity contribution in [1.29, 1.82) is 0 Å². The maximum Gasteiger partial charge on any atom is 0.257 e. The van der Waals surface area contributed by atoms with E-state index in [2.05, 4.69) is 37.7 Å². The van der Waals surface area contributed by atoms with E-state index in [1.807, 2.05) is 0 Å². The highest BCUT2D eigenvalue weighted by Gasteiger charge is 2.07. The summed E-state index contributed by atoms with van der Waals surface area (Å²) in [5, 5.41) is 7.15. The van der Waals surface area contributed by atoms with Gasteiger partial charge in [0.05, 0.1) is 6.61 Å². The minimum Gasteiger partial charge on any atom is -0.380 e. The van der Waals surface area contributed by atoms with Gasteiger partial charge in [-0.3, -0.25) is 5.43 Å². The van der Waals surface area contributed by atoms with Gasteiger partial charge in [0.2, 0.25) is 11.9 Å². The van der Waals surface area contributed by atoms with Gasteiger partial charge in [0.1, 0.15) is 0 Å². The molecule has 0 fully saturated rings. The van der Waals surface area contributed by atoms with Crippen molar-refractivity contribution < 1.29 is 4.74 Å². The SMILES string of the molecule is CCCCOCCNc1nc(NN)nc(-n2cccn2)n1. The molecule has 2 heterocycles. The van der Waals surface area contributed by atoms with Gasteiger partial charge in [0.25, 0.3) is 5.95 Å². The summed E-state index contributed by atoms with van der Waals surface area (Å²) in [7, 11) is 0. The number of unbranched alkanes of at least 4 members (excludes halogenated alkanes) is 1. The van der Waals surface area contributed by atoms with Crippen molar-refractivity contribution in [3.05, 3.63) is 18.5 Å². The molecule has 0 radical (unpaired) electrons. The van der Waals surface area contributed by atoms with E-state index in [4.69, 9.17) is 10.6 Å². The van der Waals surface area contributed by atoms with Gasteiger partial charge in [-0.2, -0.15) is 20.1 Å². The van der Waals surface area contributed by atoms with Crippen LogP contribution in [0.3, 0.4) is 0 Å². The van der Waals surface area contributed by atoms with Gasteiger partial charge in [-0.15, -0.1) is 0 Å². The predicted molar refractivity (Wildman–Crippen MR) is 79.0 cm³/mol. The van der Waals surface area contributed by atoms with Gasteiger partial charge in [-0.05, 0) is 12.5 Å². The number of ether oxygens (including phenoxy) is 1. The Labute approximate surface area is 122 Å². The molecule has 21 heavy (non-hydrogen) atoms. The van der Waals surface area contributed by atoms with Crippen LogP contribution in [-0.2, 0) is 4.74 Å². The van der Waals surface area contributed by atoms with Crippen molar-refractivity contribution in [2.45, 2.75) is 19.8 Å². The first kappa shape index (κ1) is 15.1. The molecule has 2 rings (SSSR count). The maximum atomic E-state index is 5.46. The summed E-state index contributed by atoms with van der Waals surface area (Å²) < 4.78 is 7.00. The number of nitrogens with two attached hydrogens (primary N) is 1. The summed E-state index contributed by atoms with van der Waals surface area (Å²) >= 11 is 0. The predicted octanol–water partition coefficient (Wildman–Crippen LogP) is 0.572. The summed E-state index contributed by atoms with van der Waals surface area (Å²) in [6, 6.07) is 1.79. The van der Waals surface area contributed by atoms with Crippen LogP contribution >= 0.6 is 0 Å². The summed E-state index contributed by atoms with van der Waals surface area (Å²) in [5.74, 6) is 6.44. The Morgan fingerprint density at radius 2 is 2.10 bits per heavy atom. The van der Waals surface area contributed by atoms with E-state index in [9.17, 15) is 0 Å². The molecule has 0 bridgehead atoms. The van der Waals surface area contributed by atoms with E-state index in [0.717, 1.165) is 19.4 Å². The largest absolute Gasteiger partial charge is 0.380 e. The fourth-order valence-electron chi connectivity index (χ4n) is 1.58. The van der Waals surface area contributed by atoms with Crippen molar-refractivity contribution in [1.82, 2.24) is 24.7 Å². The van der Waals surface area contributed by atoms with Crippen molar-refractivity contribution in [3.8, 4) is 5.95 Å². The van der Waals surface area contributed by atoms with E-state index in [1.54, 1.807) is 18.5 Å². The lowest BCUT2D eigenvalue weighted by Crippen LogP contribution is -2.17. The number of hydrazine groups is 1. The van der Waals surface area contributed by atoms with Gasteiger partial charge in [0, 0.05) is 25.5 Å². The van der Waals surface area contributed by atoms with Crippen LogP contribution in [0.1, 0.15) is 19.8 Å². The van der Waals surface area contributed by atoms with E-state index >= 15 is 0 Å². The standard InChI is InChI=1S/C12H20N8O/c1-2-3-8-21-9-6-14-10-16-11(19-13)18-12(17-10)20-7-4-5-15-20/h4-5,7H,2-3,6,8-9,13H2,1H3,(H2,14,16,17,18,19). The third-order valence-electron chi connectivity index (χ3n) is 2.63. The minimum absolute atomic E-state index is 0.268. The summed E-state index contributed by atoms with van der Waals surface area (Å²) in [5.41, 5.74) is 2.41. The Kier molecular flexibility index (Phi) is 5.85. The van der Waals surface area contributed by atoms with Gasteiger partial charge in [-0.1, -0.05) is 13.3 Å². The molecule has 4 N–H and O–H groups in total. The first-order chi connectivity index (χ1) is 10.3. The second-order valence-corrected chi connectivity index (χ2v) is 4.27. The maximum absolute atomic E-state index is 5.46. The molecule has 0 spiro atoms. The van der Waals surface area contributed by atoms with Crippen molar-refractivity contribution in [3.63, 3.8) is 0 Å². The molecule has 0 unspecified atom stereocenters.